The molecule has 0 aromatic carbocycles. The fraction of sp³-hybridized carbons (Fsp3) is 0.636. The van der Waals surface area contributed by atoms with Crippen molar-refractivity contribution >= 4 is 17.3 Å². The van der Waals surface area contributed by atoms with Crippen molar-refractivity contribution in [2.45, 2.75) is 27.2 Å². The van der Waals surface area contributed by atoms with Gasteiger partial charge in [0, 0.05) is 13.6 Å². The summed E-state index contributed by atoms with van der Waals surface area (Å²) >= 11 is 0. The van der Waals surface area contributed by atoms with E-state index in [0.717, 1.165) is 6.42 Å². The molecule has 0 radical (unpaired) electrons. The van der Waals surface area contributed by atoms with Crippen LogP contribution in [0, 0.1) is 15.5 Å². The summed E-state index contributed by atoms with van der Waals surface area (Å²) in [6, 6.07) is 0. The van der Waals surface area contributed by atoms with E-state index in [-0.39, 0.29) is 22.7 Å². The van der Waals surface area contributed by atoms with Crippen LogP contribution in [0.1, 0.15) is 27.2 Å². The van der Waals surface area contributed by atoms with Crippen LogP contribution in [0.2, 0.25) is 0 Å². The summed E-state index contributed by atoms with van der Waals surface area (Å²) in [6.07, 6.45) is 2.20. The molecule has 1 heterocycles. The number of nitrogens with zero attached hydrogens (tertiary/aromatic N) is 3. The predicted octanol–water partition coefficient (Wildman–Crippen LogP) is 2.27. The molecule has 1 rings (SSSR count). The van der Waals surface area contributed by atoms with Gasteiger partial charge in [0.2, 0.25) is 11.6 Å². The molecule has 0 saturated heterocycles. The first-order chi connectivity index (χ1) is 8.35. The summed E-state index contributed by atoms with van der Waals surface area (Å²) in [5.41, 5.74) is 0.0506. The standard InChI is InChI=1S/C11H19N5O2/c1-11(2,3)5-6-13-10-8(16(17)18)9(12-4)14-7-15-10/h7H,5-6H2,1-4H3,(H2,12,13,14,15). The minimum atomic E-state index is -0.481. The van der Waals surface area contributed by atoms with Crippen LogP contribution in [-0.4, -0.2) is 28.5 Å². The fourth-order valence-electron chi connectivity index (χ4n) is 1.42. The first kappa shape index (κ1) is 14.1. The molecule has 0 bridgehead atoms. The smallest absolute Gasteiger partial charge is 0.353 e. The van der Waals surface area contributed by atoms with Crippen molar-refractivity contribution in [1.29, 1.82) is 0 Å². The Labute approximate surface area is 106 Å². The molecule has 100 valence electrons. The van der Waals surface area contributed by atoms with Gasteiger partial charge in [-0.2, -0.15) is 0 Å². The van der Waals surface area contributed by atoms with Crippen LogP contribution in [0.15, 0.2) is 6.33 Å². The van der Waals surface area contributed by atoms with Gasteiger partial charge in [-0.15, -0.1) is 0 Å². The molecular formula is C11H19N5O2. The quantitative estimate of drug-likeness (QED) is 0.617. The van der Waals surface area contributed by atoms with Gasteiger partial charge in [-0.05, 0) is 11.8 Å². The maximum Gasteiger partial charge on any atom is 0.353 e. The Bertz CT molecular complexity index is 428. The number of rotatable bonds is 5. The van der Waals surface area contributed by atoms with Gasteiger partial charge in [-0.3, -0.25) is 10.1 Å². The first-order valence-electron chi connectivity index (χ1n) is 5.76. The first-order valence-corrected chi connectivity index (χ1v) is 5.76. The number of nitrogens with one attached hydrogen (secondary N) is 2. The minimum Gasteiger partial charge on any atom is -0.367 e. The van der Waals surface area contributed by atoms with Crippen molar-refractivity contribution in [1.82, 2.24) is 9.97 Å². The Hall–Kier alpha value is -1.92. The highest BCUT2D eigenvalue weighted by molar-refractivity contribution is 5.68. The van der Waals surface area contributed by atoms with Crippen molar-refractivity contribution in [3.05, 3.63) is 16.4 Å². The maximum absolute atomic E-state index is 11.0. The van der Waals surface area contributed by atoms with Gasteiger partial charge in [-0.1, -0.05) is 20.8 Å². The van der Waals surface area contributed by atoms with E-state index in [1.54, 1.807) is 7.05 Å². The second-order valence-corrected chi connectivity index (χ2v) is 5.16. The highest BCUT2D eigenvalue weighted by atomic mass is 16.6. The molecule has 0 saturated carbocycles. The lowest BCUT2D eigenvalue weighted by atomic mass is 9.92. The molecule has 0 fully saturated rings. The Morgan fingerprint density at radius 3 is 2.44 bits per heavy atom. The van der Waals surface area contributed by atoms with E-state index in [9.17, 15) is 10.1 Å². The van der Waals surface area contributed by atoms with E-state index in [1.165, 1.54) is 6.33 Å². The molecule has 7 heteroatoms. The molecule has 0 aliphatic rings. The van der Waals surface area contributed by atoms with Crippen molar-refractivity contribution in [3.8, 4) is 0 Å². The van der Waals surface area contributed by atoms with Crippen LogP contribution in [0.3, 0.4) is 0 Å². The van der Waals surface area contributed by atoms with Crippen LogP contribution < -0.4 is 10.6 Å². The van der Waals surface area contributed by atoms with Gasteiger partial charge in [0.25, 0.3) is 0 Å². The average molecular weight is 253 g/mol. The molecule has 2 N–H and O–H groups in total. The van der Waals surface area contributed by atoms with Crippen molar-refractivity contribution in [3.63, 3.8) is 0 Å². The number of aromatic nitrogens is 2. The lowest BCUT2D eigenvalue weighted by Gasteiger charge is -2.18. The minimum absolute atomic E-state index is 0.117. The van der Waals surface area contributed by atoms with Crippen LogP contribution in [0.5, 0.6) is 0 Å². The van der Waals surface area contributed by atoms with E-state index in [4.69, 9.17) is 0 Å². The summed E-state index contributed by atoms with van der Waals surface area (Å²) in [6.45, 7) is 6.97. The van der Waals surface area contributed by atoms with Crippen molar-refractivity contribution < 1.29 is 4.92 Å². The van der Waals surface area contributed by atoms with E-state index >= 15 is 0 Å². The molecule has 0 unspecified atom stereocenters. The Morgan fingerprint density at radius 2 is 1.94 bits per heavy atom. The number of hydrogen-bond acceptors (Lipinski definition) is 6. The molecular weight excluding hydrogens is 234 g/mol. The topological polar surface area (TPSA) is 93.0 Å². The number of hydrogen-bond donors (Lipinski definition) is 2. The Morgan fingerprint density at radius 1 is 1.33 bits per heavy atom. The van der Waals surface area contributed by atoms with E-state index < -0.39 is 4.92 Å². The fourth-order valence-corrected chi connectivity index (χ4v) is 1.42. The molecule has 18 heavy (non-hydrogen) atoms. The lowest BCUT2D eigenvalue weighted by Crippen LogP contribution is -2.15. The zero-order valence-electron chi connectivity index (χ0n) is 11.1. The maximum atomic E-state index is 11.0. The second-order valence-electron chi connectivity index (χ2n) is 5.16. The third-order valence-electron chi connectivity index (χ3n) is 2.41. The SMILES string of the molecule is CNc1ncnc(NCCC(C)(C)C)c1[N+](=O)[O-]. The highest BCUT2D eigenvalue weighted by Crippen LogP contribution is 2.28. The van der Waals surface area contributed by atoms with Gasteiger partial charge < -0.3 is 10.6 Å². The van der Waals surface area contributed by atoms with Crippen molar-refractivity contribution in [2.24, 2.45) is 5.41 Å². The summed E-state index contributed by atoms with van der Waals surface area (Å²) in [7, 11) is 1.59. The molecule has 0 aliphatic heterocycles. The van der Waals surface area contributed by atoms with E-state index in [2.05, 4.69) is 41.4 Å². The van der Waals surface area contributed by atoms with Crippen LogP contribution in [0.4, 0.5) is 17.3 Å². The summed E-state index contributed by atoms with van der Waals surface area (Å²) < 4.78 is 0. The molecule has 0 aliphatic carbocycles. The largest absolute Gasteiger partial charge is 0.367 e. The van der Waals surface area contributed by atoms with Gasteiger partial charge >= 0.3 is 5.69 Å². The zero-order chi connectivity index (χ0) is 13.8. The van der Waals surface area contributed by atoms with Gasteiger partial charge in [0.15, 0.2) is 0 Å². The van der Waals surface area contributed by atoms with Crippen LogP contribution in [-0.2, 0) is 0 Å². The molecule has 7 nitrogen and oxygen atoms in total. The molecule has 1 aromatic heterocycles. The van der Waals surface area contributed by atoms with Gasteiger partial charge in [-0.25, -0.2) is 9.97 Å². The van der Waals surface area contributed by atoms with Crippen LogP contribution >= 0.6 is 0 Å². The molecule has 1 aromatic rings. The third kappa shape index (κ3) is 3.83. The normalized spacial score (nSPS) is 11.1. The molecule has 0 amide bonds. The van der Waals surface area contributed by atoms with Crippen molar-refractivity contribution in [2.75, 3.05) is 24.2 Å². The lowest BCUT2D eigenvalue weighted by molar-refractivity contribution is -0.383. The molecule has 0 atom stereocenters. The summed E-state index contributed by atoms with van der Waals surface area (Å²) in [4.78, 5) is 18.3. The zero-order valence-corrected chi connectivity index (χ0v) is 11.1. The average Bonchev–Trinajstić information content (AvgIpc) is 2.26. The summed E-state index contributed by atoms with van der Waals surface area (Å²) in [5.74, 6) is 0.469. The number of nitro groups is 1. The molecule has 0 spiro atoms. The third-order valence-corrected chi connectivity index (χ3v) is 2.41. The predicted molar refractivity (Wildman–Crippen MR) is 70.8 cm³/mol. The highest BCUT2D eigenvalue weighted by Gasteiger charge is 2.22. The van der Waals surface area contributed by atoms with E-state index in [0.29, 0.717) is 6.54 Å². The number of anilines is 2. The Balaban J connectivity index is 2.85. The van der Waals surface area contributed by atoms with Gasteiger partial charge in [0.05, 0.1) is 4.92 Å². The van der Waals surface area contributed by atoms with E-state index in [1.807, 2.05) is 0 Å². The second kappa shape index (κ2) is 5.61. The Kier molecular flexibility index (Phi) is 4.41. The van der Waals surface area contributed by atoms with Crippen LogP contribution in [0.25, 0.3) is 0 Å². The van der Waals surface area contributed by atoms with Gasteiger partial charge in [0.1, 0.15) is 6.33 Å². The monoisotopic (exact) mass is 253 g/mol. The summed E-state index contributed by atoms with van der Waals surface area (Å²) in [5, 5.41) is 16.7.